The molecule has 1 aliphatic carbocycles. The van der Waals surface area contributed by atoms with Crippen LogP contribution in [0.15, 0.2) is 54.6 Å². The van der Waals surface area contributed by atoms with E-state index in [2.05, 4.69) is 61.5 Å². The van der Waals surface area contributed by atoms with Crippen molar-refractivity contribution in [3.8, 4) is 11.1 Å². The number of hydrogen-bond acceptors (Lipinski definition) is 0. The second-order valence-corrected chi connectivity index (χ2v) is 5.78. The first-order chi connectivity index (χ1) is 9.84. The molecule has 0 saturated heterocycles. The Kier molecular flexibility index (Phi) is 2.63. The Morgan fingerprint density at radius 2 is 1.50 bits per heavy atom. The number of benzene rings is 3. The fourth-order valence-corrected chi connectivity index (χ4v) is 3.63. The zero-order valence-corrected chi connectivity index (χ0v) is 11.8. The average molecular weight is 258 g/mol. The molecule has 0 N–H and O–H groups in total. The van der Waals surface area contributed by atoms with E-state index in [4.69, 9.17) is 0 Å². The molecule has 0 aliphatic heterocycles. The molecule has 0 nitrogen and oxygen atoms in total. The van der Waals surface area contributed by atoms with Crippen LogP contribution in [0.3, 0.4) is 0 Å². The van der Waals surface area contributed by atoms with Crippen molar-refractivity contribution < 1.29 is 0 Å². The molecule has 0 heterocycles. The van der Waals surface area contributed by atoms with Crippen molar-refractivity contribution in [1.29, 1.82) is 0 Å². The van der Waals surface area contributed by atoms with Crippen molar-refractivity contribution in [2.75, 3.05) is 0 Å². The van der Waals surface area contributed by atoms with Gasteiger partial charge in [-0.05, 0) is 64.8 Å². The summed E-state index contributed by atoms with van der Waals surface area (Å²) in [4.78, 5) is 0. The summed E-state index contributed by atoms with van der Waals surface area (Å²) < 4.78 is 0. The molecule has 20 heavy (non-hydrogen) atoms. The minimum Gasteiger partial charge on any atom is -0.0614 e. The Labute approximate surface area is 120 Å². The van der Waals surface area contributed by atoms with Gasteiger partial charge in [-0.25, -0.2) is 0 Å². The van der Waals surface area contributed by atoms with Crippen LogP contribution < -0.4 is 0 Å². The standard InChI is InChI=1S/C20H18/c1-14-6-2-9-16-10-5-13-19(20(14)16)18-12-4-8-15-7-3-11-17(15)18/h2,4-6,8-10,12-13H,3,7,11H2,1H3. The Morgan fingerprint density at radius 1 is 0.750 bits per heavy atom. The summed E-state index contributed by atoms with van der Waals surface area (Å²) in [5.41, 5.74) is 7.34. The van der Waals surface area contributed by atoms with Gasteiger partial charge in [-0.3, -0.25) is 0 Å². The van der Waals surface area contributed by atoms with Gasteiger partial charge < -0.3 is 0 Å². The van der Waals surface area contributed by atoms with Crippen molar-refractivity contribution in [2.45, 2.75) is 26.2 Å². The molecule has 0 unspecified atom stereocenters. The maximum atomic E-state index is 2.30. The summed E-state index contributed by atoms with van der Waals surface area (Å²) in [6.45, 7) is 2.22. The van der Waals surface area contributed by atoms with Crippen LogP contribution in [0.2, 0.25) is 0 Å². The number of rotatable bonds is 1. The molecule has 3 aromatic rings. The molecule has 0 bridgehead atoms. The summed E-state index contributed by atoms with van der Waals surface area (Å²) in [5, 5.41) is 2.76. The highest BCUT2D eigenvalue weighted by molar-refractivity contribution is 5.99. The lowest BCUT2D eigenvalue weighted by atomic mass is 9.91. The van der Waals surface area contributed by atoms with Crippen LogP contribution in [0.25, 0.3) is 21.9 Å². The molecule has 0 fully saturated rings. The third kappa shape index (κ3) is 1.68. The van der Waals surface area contributed by atoms with Crippen molar-refractivity contribution in [3.63, 3.8) is 0 Å². The van der Waals surface area contributed by atoms with E-state index in [1.807, 2.05) is 0 Å². The van der Waals surface area contributed by atoms with Gasteiger partial charge >= 0.3 is 0 Å². The van der Waals surface area contributed by atoms with E-state index in [-0.39, 0.29) is 0 Å². The SMILES string of the molecule is Cc1cccc2cccc(-c3cccc4c3CCC4)c12. The number of aryl methyl sites for hydroxylation is 2. The van der Waals surface area contributed by atoms with Crippen LogP contribution in [-0.4, -0.2) is 0 Å². The Morgan fingerprint density at radius 3 is 2.40 bits per heavy atom. The number of hydrogen-bond donors (Lipinski definition) is 0. The highest BCUT2D eigenvalue weighted by Gasteiger charge is 2.16. The fraction of sp³-hybridized carbons (Fsp3) is 0.200. The highest BCUT2D eigenvalue weighted by Crippen LogP contribution is 2.37. The minimum absolute atomic E-state index is 1.23. The maximum Gasteiger partial charge on any atom is -0.00760 e. The van der Waals surface area contributed by atoms with Gasteiger partial charge in [-0.1, -0.05) is 54.6 Å². The second kappa shape index (κ2) is 4.49. The molecule has 0 heteroatoms. The molecule has 1 aliphatic rings. The van der Waals surface area contributed by atoms with Gasteiger partial charge in [0.15, 0.2) is 0 Å². The van der Waals surface area contributed by atoms with E-state index in [1.165, 1.54) is 46.7 Å². The van der Waals surface area contributed by atoms with E-state index in [0.717, 1.165) is 0 Å². The summed E-state index contributed by atoms with van der Waals surface area (Å²) in [7, 11) is 0. The summed E-state index contributed by atoms with van der Waals surface area (Å²) >= 11 is 0. The van der Waals surface area contributed by atoms with Crippen molar-refractivity contribution in [1.82, 2.24) is 0 Å². The van der Waals surface area contributed by atoms with Gasteiger partial charge in [0, 0.05) is 0 Å². The van der Waals surface area contributed by atoms with Gasteiger partial charge in [0.05, 0.1) is 0 Å². The molecule has 3 aromatic carbocycles. The predicted molar refractivity (Wildman–Crippen MR) is 86.1 cm³/mol. The summed E-state index contributed by atoms with van der Waals surface area (Å²) in [6, 6.07) is 20.1. The third-order valence-electron chi connectivity index (χ3n) is 4.55. The smallest absolute Gasteiger partial charge is 0.00760 e. The molecule has 0 amide bonds. The van der Waals surface area contributed by atoms with Gasteiger partial charge in [0.25, 0.3) is 0 Å². The summed E-state index contributed by atoms with van der Waals surface area (Å²) in [5.74, 6) is 0. The van der Waals surface area contributed by atoms with Crippen LogP contribution in [-0.2, 0) is 12.8 Å². The van der Waals surface area contributed by atoms with Gasteiger partial charge in [0.2, 0.25) is 0 Å². The zero-order chi connectivity index (χ0) is 13.5. The lowest BCUT2D eigenvalue weighted by Gasteiger charge is -2.13. The van der Waals surface area contributed by atoms with Crippen LogP contribution in [0, 0.1) is 6.92 Å². The molecule has 0 saturated carbocycles. The molecule has 98 valence electrons. The topological polar surface area (TPSA) is 0 Å². The van der Waals surface area contributed by atoms with Crippen LogP contribution >= 0.6 is 0 Å². The molecule has 0 spiro atoms. The summed E-state index contributed by atoms with van der Waals surface area (Å²) in [6.07, 6.45) is 3.77. The minimum atomic E-state index is 1.23. The third-order valence-corrected chi connectivity index (χ3v) is 4.55. The van der Waals surface area contributed by atoms with Gasteiger partial charge in [0.1, 0.15) is 0 Å². The van der Waals surface area contributed by atoms with Crippen LogP contribution in [0.5, 0.6) is 0 Å². The van der Waals surface area contributed by atoms with E-state index in [9.17, 15) is 0 Å². The molecule has 4 rings (SSSR count). The first-order valence-corrected chi connectivity index (χ1v) is 7.44. The van der Waals surface area contributed by atoms with Crippen LogP contribution in [0.1, 0.15) is 23.1 Å². The number of fused-ring (bicyclic) bond motifs is 2. The van der Waals surface area contributed by atoms with Crippen molar-refractivity contribution in [2.24, 2.45) is 0 Å². The van der Waals surface area contributed by atoms with Gasteiger partial charge in [-0.2, -0.15) is 0 Å². The quantitative estimate of drug-likeness (QED) is 0.555. The molecular formula is C20H18. The first kappa shape index (κ1) is 11.7. The average Bonchev–Trinajstić information content (AvgIpc) is 2.95. The van der Waals surface area contributed by atoms with Crippen LogP contribution in [0.4, 0.5) is 0 Å². The van der Waals surface area contributed by atoms with Crippen molar-refractivity contribution >= 4 is 10.8 Å². The monoisotopic (exact) mass is 258 g/mol. The first-order valence-electron chi connectivity index (χ1n) is 7.44. The van der Waals surface area contributed by atoms with E-state index >= 15 is 0 Å². The molecule has 0 atom stereocenters. The Balaban J connectivity index is 2.07. The second-order valence-electron chi connectivity index (χ2n) is 5.78. The highest BCUT2D eigenvalue weighted by atomic mass is 14.2. The molecule has 0 radical (unpaired) electrons. The van der Waals surface area contributed by atoms with E-state index < -0.39 is 0 Å². The lowest BCUT2D eigenvalue weighted by molar-refractivity contribution is 0.912. The van der Waals surface area contributed by atoms with Gasteiger partial charge in [-0.15, -0.1) is 0 Å². The zero-order valence-electron chi connectivity index (χ0n) is 11.8. The largest absolute Gasteiger partial charge is 0.0614 e. The normalized spacial score (nSPS) is 13.7. The van der Waals surface area contributed by atoms with E-state index in [1.54, 1.807) is 11.1 Å². The lowest BCUT2D eigenvalue weighted by Crippen LogP contribution is -1.90. The molecule has 0 aromatic heterocycles. The Bertz CT molecular complexity index is 791. The molecular weight excluding hydrogens is 240 g/mol. The Hall–Kier alpha value is -2.08. The maximum absolute atomic E-state index is 2.30. The predicted octanol–water partition coefficient (Wildman–Crippen LogP) is 5.30. The van der Waals surface area contributed by atoms with E-state index in [0.29, 0.717) is 0 Å². The van der Waals surface area contributed by atoms with Crippen molar-refractivity contribution in [3.05, 3.63) is 71.3 Å². The fourth-order valence-electron chi connectivity index (χ4n) is 3.63.